The minimum absolute atomic E-state index is 0.502. The standard InChI is InChI=1S/C17H30O/c1-3-5-7-8-9-10-11-13-15-17-16(18-17)14-12-6-4-2/h6,11-13,16-17H,3-5,7-10,14-15H2,1-2H3. The first kappa shape index (κ1) is 15.5. The number of rotatable bonds is 11. The molecule has 1 heterocycles. The van der Waals surface area contributed by atoms with Crippen LogP contribution in [0.5, 0.6) is 0 Å². The molecular weight excluding hydrogens is 220 g/mol. The van der Waals surface area contributed by atoms with Gasteiger partial charge in [0.25, 0.3) is 0 Å². The maximum atomic E-state index is 5.62. The van der Waals surface area contributed by atoms with Gasteiger partial charge in [-0.15, -0.1) is 0 Å². The predicted molar refractivity (Wildman–Crippen MR) is 79.8 cm³/mol. The van der Waals surface area contributed by atoms with Crippen molar-refractivity contribution in [3.05, 3.63) is 24.3 Å². The first-order chi connectivity index (χ1) is 8.88. The third kappa shape index (κ3) is 7.71. The zero-order chi connectivity index (χ0) is 13.1. The maximum Gasteiger partial charge on any atom is 0.0879 e. The normalized spacial score (nSPS) is 23.2. The Kier molecular flexibility index (Phi) is 8.93. The van der Waals surface area contributed by atoms with Crippen LogP contribution in [0.1, 0.15) is 71.6 Å². The minimum Gasteiger partial charge on any atom is -0.369 e. The molecule has 0 saturated carbocycles. The summed E-state index contributed by atoms with van der Waals surface area (Å²) in [6, 6.07) is 0. The van der Waals surface area contributed by atoms with E-state index >= 15 is 0 Å². The summed E-state index contributed by atoms with van der Waals surface area (Å²) in [5.41, 5.74) is 0. The van der Waals surface area contributed by atoms with E-state index in [9.17, 15) is 0 Å². The van der Waals surface area contributed by atoms with Crippen molar-refractivity contribution in [1.29, 1.82) is 0 Å². The van der Waals surface area contributed by atoms with E-state index in [4.69, 9.17) is 4.74 Å². The summed E-state index contributed by atoms with van der Waals surface area (Å²) >= 11 is 0. The third-order valence-corrected chi connectivity index (χ3v) is 3.47. The molecule has 18 heavy (non-hydrogen) atoms. The van der Waals surface area contributed by atoms with E-state index in [0.29, 0.717) is 12.2 Å². The first-order valence-electron chi connectivity index (χ1n) is 7.84. The summed E-state index contributed by atoms with van der Waals surface area (Å²) in [5, 5.41) is 0. The van der Waals surface area contributed by atoms with Crippen LogP contribution in [0.25, 0.3) is 0 Å². The van der Waals surface area contributed by atoms with Crippen molar-refractivity contribution in [2.75, 3.05) is 0 Å². The van der Waals surface area contributed by atoms with E-state index in [0.717, 1.165) is 19.3 Å². The number of epoxide rings is 1. The van der Waals surface area contributed by atoms with Crippen molar-refractivity contribution in [1.82, 2.24) is 0 Å². The SMILES string of the molecule is CCC=CCC1OC1CC=CCCCCCCC. The fourth-order valence-corrected chi connectivity index (χ4v) is 2.20. The highest BCUT2D eigenvalue weighted by Crippen LogP contribution is 2.29. The molecule has 1 fully saturated rings. The van der Waals surface area contributed by atoms with Gasteiger partial charge in [-0.2, -0.15) is 0 Å². The second-order valence-corrected chi connectivity index (χ2v) is 5.24. The molecule has 1 heteroatoms. The van der Waals surface area contributed by atoms with Crippen LogP contribution in [-0.4, -0.2) is 12.2 Å². The van der Waals surface area contributed by atoms with E-state index in [-0.39, 0.29) is 0 Å². The topological polar surface area (TPSA) is 12.5 Å². The van der Waals surface area contributed by atoms with Crippen LogP contribution in [0.4, 0.5) is 0 Å². The lowest BCUT2D eigenvalue weighted by Crippen LogP contribution is -1.90. The molecule has 0 N–H and O–H groups in total. The summed E-state index contributed by atoms with van der Waals surface area (Å²) in [7, 11) is 0. The van der Waals surface area contributed by atoms with Gasteiger partial charge in [-0.1, -0.05) is 63.8 Å². The van der Waals surface area contributed by atoms with Gasteiger partial charge >= 0.3 is 0 Å². The van der Waals surface area contributed by atoms with Crippen LogP contribution in [-0.2, 0) is 4.74 Å². The van der Waals surface area contributed by atoms with E-state index in [1.165, 1.54) is 38.5 Å². The van der Waals surface area contributed by atoms with Crippen molar-refractivity contribution < 1.29 is 4.74 Å². The fourth-order valence-electron chi connectivity index (χ4n) is 2.20. The maximum absolute atomic E-state index is 5.62. The van der Waals surface area contributed by atoms with Crippen molar-refractivity contribution in [3.8, 4) is 0 Å². The Hall–Kier alpha value is -0.560. The Morgan fingerprint density at radius 3 is 2.11 bits per heavy atom. The van der Waals surface area contributed by atoms with Gasteiger partial charge in [-0.25, -0.2) is 0 Å². The summed E-state index contributed by atoms with van der Waals surface area (Å²) in [6.45, 7) is 4.44. The molecule has 0 aromatic carbocycles. The first-order valence-corrected chi connectivity index (χ1v) is 7.84. The van der Waals surface area contributed by atoms with Crippen molar-refractivity contribution >= 4 is 0 Å². The van der Waals surface area contributed by atoms with Gasteiger partial charge in [0.2, 0.25) is 0 Å². The van der Waals surface area contributed by atoms with Crippen molar-refractivity contribution in [2.45, 2.75) is 83.8 Å². The predicted octanol–water partition coefficient (Wildman–Crippen LogP) is 5.42. The van der Waals surface area contributed by atoms with Crippen molar-refractivity contribution in [3.63, 3.8) is 0 Å². The number of unbranched alkanes of at least 4 members (excludes halogenated alkanes) is 5. The molecule has 0 radical (unpaired) electrons. The van der Waals surface area contributed by atoms with Crippen LogP contribution >= 0.6 is 0 Å². The Balaban J connectivity index is 1.88. The zero-order valence-electron chi connectivity index (χ0n) is 12.2. The molecule has 0 aromatic heterocycles. The van der Waals surface area contributed by atoms with E-state index < -0.39 is 0 Å². The van der Waals surface area contributed by atoms with Gasteiger partial charge in [0.1, 0.15) is 0 Å². The third-order valence-electron chi connectivity index (χ3n) is 3.47. The summed E-state index contributed by atoms with van der Waals surface area (Å²) < 4.78 is 5.62. The summed E-state index contributed by atoms with van der Waals surface area (Å²) in [4.78, 5) is 0. The van der Waals surface area contributed by atoms with Crippen LogP contribution in [0.3, 0.4) is 0 Å². The lowest BCUT2D eigenvalue weighted by atomic mass is 10.1. The smallest absolute Gasteiger partial charge is 0.0879 e. The molecule has 1 aliphatic heterocycles. The lowest BCUT2D eigenvalue weighted by Gasteiger charge is -1.95. The quantitative estimate of drug-likeness (QED) is 0.271. The van der Waals surface area contributed by atoms with Crippen LogP contribution in [0.15, 0.2) is 24.3 Å². The van der Waals surface area contributed by atoms with Gasteiger partial charge in [-0.3, -0.25) is 0 Å². The largest absolute Gasteiger partial charge is 0.369 e. The number of hydrogen-bond donors (Lipinski definition) is 0. The van der Waals surface area contributed by atoms with E-state index in [2.05, 4.69) is 38.2 Å². The van der Waals surface area contributed by atoms with E-state index in [1.54, 1.807) is 0 Å². The Morgan fingerprint density at radius 2 is 1.44 bits per heavy atom. The van der Waals surface area contributed by atoms with Gasteiger partial charge in [-0.05, 0) is 32.1 Å². The molecular formula is C17H30O. The molecule has 0 spiro atoms. The van der Waals surface area contributed by atoms with Gasteiger partial charge in [0.15, 0.2) is 0 Å². The number of allylic oxidation sites excluding steroid dienone is 2. The van der Waals surface area contributed by atoms with Crippen LogP contribution in [0, 0.1) is 0 Å². The molecule has 2 unspecified atom stereocenters. The molecule has 0 aliphatic carbocycles. The Bertz CT molecular complexity index is 242. The highest BCUT2D eigenvalue weighted by atomic mass is 16.6. The molecule has 1 rings (SSSR count). The highest BCUT2D eigenvalue weighted by Gasteiger charge is 2.35. The average Bonchev–Trinajstić information content (AvgIpc) is 3.12. The van der Waals surface area contributed by atoms with Gasteiger partial charge in [0.05, 0.1) is 12.2 Å². The Labute approximate surface area is 113 Å². The molecule has 0 aromatic rings. The fraction of sp³-hybridized carbons (Fsp3) is 0.765. The second-order valence-electron chi connectivity index (χ2n) is 5.24. The Morgan fingerprint density at radius 1 is 0.778 bits per heavy atom. The number of hydrogen-bond acceptors (Lipinski definition) is 1. The second kappa shape index (κ2) is 10.4. The lowest BCUT2D eigenvalue weighted by molar-refractivity contribution is 0.372. The molecule has 104 valence electrons. The van der Waals surface area contributed by atoms with Crippen molar-refractivity contribution in [2.24, 2.45) is 0 Å². The monoisotopic (exact) mass is 250 g/mol. The summed E-state index contributed by atoms with van der Waals surface area (Å²) in [6.07, 6.45) is 21.6. The van der Waals surface area contributed by atoms with Crippen LogP contribution in [0.2, 0.25) is 0 Å². The average molecular weight is 250 g/mol. The molecule has 1 nitrogen and oxygen atoms in total. The molecule has 1 aliphatic rings. The molecule has 2 atom stereocenters. The minimum atomic E-state index is 0.502. The highest BCUT2D eigenvalue weighted by molar-refractivity contribution is 4.97. The van der Waals surface area contributed by atoms with Gasteiger partial charge in [0, 0.05) is 0 Å². The molecule has 0 amide bonds. The molecule has 1 saturated heterocycles. The zero-order valence-corrected chi connectivity index (χ0v) is 12.2. The van der Waals surface area contributed by atoms with Gasteiger partial charge < -0.3 is 4.74 Å². The van der Waals surface area contributed by atoms with E-state index in [1.807, 2.05) is 0 Å². The molecule has 0 bridgehead atoms. The summed E-state index contributed by atoms with van der Waals surface area (Å²) in [5.74, 6) is 0. The van der Waals surface area contributed by atoms with Crippen LogP contribution < -0.4 is 0 Å². The number of ether oxygens (including phenoxy) is 1.